The van der Waals surface area contributed by atoms with E-state index in [2.05, 4.69) is 29.6 Å². The van der Waals surface area contributed by atoms with Crippen molar-refractivity contribution in [2.24, 2.45) is 0 Å². The predicted octanol–water partition coefficient (Wildman–Crippen LogP) is 1.95. The van der Waals surface area contributed by atoms with Gasteiger partial charge in [0.25, 0.3) is 0 Å². The summed E-state index contributed by atoms with van der Waals surface area (Å²) in [5.74, 6) is 0.762. The van der Waals surface area contributed by atoms with E-state index >= 15 is 0 Å². The first kappa shape index (κ1) is 13.9. The van der Waals surface area contributed by atoms with Crippen molar-refractivity contribution in [1.82, 2.24) is 15.5 Å². The van der Waals surface area contributed by atoms with Crippen LogP contribution in [0.15, 0.2) is 22.8 Å². The van der Waals surface area contributed by atoms with Crippen molar-refractivity contribution in [3.63, 3.8) is 0 Å². The van der Waals surface area contributed by atoms with Gasteiger partial charge in [-0.1, -0.05) is 12.8 Å². The SMILES string of the molecule is CN(C)C1(CNC(=O)NCc2ccco2)CCCC1. The molecular formula is C14H23N3O2. The molecule has 1 aromatic heterocycles. The maximum absolute atomic E-state index is 11.8. The zero-order valence-electron chi connectivity index (χ0n) is 11.7. The van der Waals surface area contributed by atoms with Crippen LogP contribution in [0, 0.1) is 0 Å². The lowest BCUT2D eigenvalue weighted by atomic mass is 9.96. The van der Waals surface area contributed by atoms with E-state index in [0.717, 1.165) is 18.6 Å². The Hall–Kier alpha value is -1.49. The molecule has 106 valence electrons. The van der Waals surface area contributed by atoms with Gasteiger partial charge in [-0.05, 0) is 39.1 Å². The molecule has 0 atom stereocenters. The van der Waals surface area contributed by atoms with Gasteiger partial charge in [-0.25, -0.2) is 4.79 Å². The fourth-order valence-corrected chi connectivity index (χ4v) is 2.70. The van der Waals surface area contributed by atoms with E-state index in [1.165, 1.54) is 12.8 Å². The van der Waals surface area contributed by atoms with Gasteiger partial charge in [-0.15, -0.1) is 0 Å². The summed E-state index contributed by atoms with van der Waals surface area (Å²) in [5, 5.41) is 5.78. The second-order valence-corrected chi connectivity index (χ2v) is 5.44. The minimum absolute atomic E-state index is 0.127. The number of carbonyl (C=O) groups is 1. The zero-order valence-corrected chi connectivity index (χ0v) is 11.7. The molecule has 19 heavy (non-hydrogen) atoms. The number of nitrogens with zero attached hydrogens (tertiary/aromatic N) is 1. The standard InChI is InChI=1S/C14H23N3O2/c1-17(2)14(7-3-4-8-14)11-16-13(18)15-10-12-6-5-9-19-12/h5-6,9H,3-4,7-8,10-11H2,1-2H3,(H2,15,16,18). The first-order valence-electron chi connectivity index (χ1n) is 6.84. The fourth-order valence-electron chi connectivity index (χ4n) is 2.70. The molecule has 1 heterocycles. The number of urea groups is 1. The molecule has 0 bridgehead atoms. The molecule has 1 aliphatic carbocycles. The number of furan rings is 1. The summed E-state index contributed by atoms with van der Waals surface area (Å²) in [6.45, 7) is 1.12. The van der Waals surface area contributed by atoms with Crippen LogP contribution in [0.5, 0.6) is 0 Å². The number of hydrogen-bond donors (Lipinski definition) is 2. The quantitative estimate of drug-likeness (QED) is 0.855. The van der Waals surface area contributed by atoms with Crippen molar-refractivity contribution in [2.45, 2.75) is 37.8 Å². The zero-order chi connectivity index (χ0) is 13.7. The van der Waals surface area contributed by atoms with Crippen molar-refractivity contribution in [3.8, 4) is 0 Å². The molecule has 1 saturated carbocycles. The van der Waals surface area contributed by atoms with Gasteiger partial charge < -0.3 is 20.0 Å². The van der Waals surface area contributed by atoms with Gasteiger partial charge in [0.15, 0.2) is 0 Å². The van der Waals surface area contributed by atoms with E-state index in [4.69, 9.17) is 4.42 Å². The van der Waals surface area contributed by atoms with Gasteiger partial charge in [0, 0.05) is 12.1 Å². The highest BCUT2D eigenvalue weighted by Gasteiger charge is 2.36. The smallest absolute Gasteiger partial charge is 0.315 e. The summed E-state index contributed by atoms with van der Waals surface area (Å²) in [5.41, 5.74) is 0.127. The highest BCUT2D eigenvalue weighted by atomic mass is 16.3. The Morgan fingerprint density at radius 1 is 1.37 bits per heavy atom. The second kappa shape index (κ2) is 6.10. The molecule has 2 amide bonds. The maximum atomic E-state index is 11.8. The maximum Gasteiger partial charge on any atom is 0.315 e. The topological polar surface area (TPSA) is 57.5 Å². The molecule has 1 fully saturated rings. The lowest BCUT2D eigenvalue weighted by Gasteiger charge is -2.36. The molecular weight excluding hydrogens is 242 g/mol. The molecule has 0 saturated heterocycles. The normalized spacial score (nSPS) is 17.6. The van der Waals surface area contributed by atoms with Crippen LogP contribution >= 0.6 is 0 Å². The molecule has 0 aliphatic heterocycles. The molecule has 1 aromatic rings. The average Bonchev–Trinajstić information content (AvgIpc) is 3.05. The van der Waals surface area contributed by atoms with Crippen molar-refractivity contribution in [1.29, 1.82) is 0 Å². The van der Waals surface area contributed by atoms with E-state index in [-0.39, 0.29) is 11.6 Å². The van der Waals surface area contributed by atoms with Gasteiger partial charge in [0.2, 0.25) is 0 Å². The Morgan fingerprint density at radius 2 is 2.11 bits per heavy atom. The fraction of sp³-hybridized carbons (Fsp3) is 0.643. The van der Waals surface area contributed by atoms with Crippen LogP contribution in [0.2, 0.25) is 0 Å². The summed E-state index contributed by atoms with van der Waals surface area (Å²) >= 11 is 0. The molecule has 0 radical (unpaired) electrons. The van der Waals surface area contributed by atoms with Crippen LogP contribution in [0.4, 0.5) is 4.79 Å². The third-order valence-electron chi connectivity index (χ3n) is 4.06. The lowest BCUT2D eigenvalue weighted by molar-refractivity contribution is 0.154. The minimum Gasteiger partial charge on any atom is -0.467 e. The van der Waals surface area contributed by atoms with Gasteiger partial charge in [0.05, 0.1) is 12.8 Å². The predicted molar refractivity (Wildman–Crippen MR) is 73.8 cm³/mol. The summed E-state index contributed by atoms with van der Waals surface area (Å²) < 4.78 is 5.17. The molecule has 0 spiro atoms. The monoisotopic (exact) mass is 265 g/mol. The van der Waals surface area contributed by atoms with Crippen LogP contribution in [-0.4, -0.2) is 37.1 Å². The van der Waals surface area contributed by atoms with E-state index in [1.54, 1.807) is 6.26 Å². The van der Waals surface area contributed by atoms with Crippen LogP contribution < -0.4 is 10.6 Å². The summed E-state index contributed by atoms with van der Waals surface area (Å²) in [7, 11) is 4.18. The van der Waals surface area contributed by atoms with E-state index in [0.29, 0.717) is 13.1 Å². The van der Waals surface area contributed by atoms with Crippen LogP contribution in [0.25, 0.3) is 0 Å². The largest absolute Gasteiger partial charge is 0.467 e. The summed E-state index contributed by atoms with van der Waals surface area (Å²) in [6.07, 6.45) is 6.40. The van der Waals surface area contributed by atoms with Gasteiger partial charge >= 0.3 is 6.03 Å². The van der Waals surface area contributed by atoms with Crippen LogP contribution in [0.3, 0.4) is 0 Å². The number of nitrogens with one attached hydrogen (secondary N) is 2. The number of amides is 2. The number of rotatable bonds is 5. The molecule has 1 aliphatic rings. The van der Waals surface area contributed by atoms with Gasteiger partial charge in [-0.3, -0.25) is 0 Å². The lowest BCUT2D eigenvalue weighted by Crippen LogP contribution is -2.52. The van der Waals surface area contributed by atoms with E-state index in [9.17, 15) is 4.79 Å². The van der Waals surface area contributed by atoms with Gasteiger partial charge in [-0.2, -0.15) is 0 Å². The summed E-state index contributed by atoms with van der Waals surface area (Å²) in [4.78, 5) is 14.0. The van der Waals surface area contributed by atoms with Crippen molar-refractivity contribution in [2.75, 3.05) is 20.6 Å². The first-order valence-corrected chi connectivity index (χ1v) is 6.84. The number of carbonyl (C=O) groups excluding carboxylic acids is 1. The molecule has 2 N–H and O–H groups in total. The molecule has 5 nitrogen and oxygen atoms in total. The van der Waals surface area contributed by atoms with Crippen molar-refractivity contribution >= 4 is 6.03 Å². The third-order valence-corrected chi connectivity index (χ3v) is 4.06. The van der Waals surface area contributed by atoms with Crippen LogP contribution in [0.1, 0.15) is 31.4 Å². The Morgan fingerprint density at radius 3 is 2.68 bits per heavy atom. The second-order valence-electron chi connectivity index (χ2n) is 5.44. The van der Waals surface area contributed by atoms with Crippen LogP contribution in [-0.2, 0) is 6.54 Å². The van der Waals surface area contributed by atoms with Crippen molar-refractivity contribution < 1.29 is 9.21 Å². The summed E-state index contributed by atoms with van der Waals surface area (Å²) in [6, 6.07) is 3.53. The number of likely N-dealkylation sites (N-methyl/N-ethyl adjacent to an activating group) is 1. The molecule has 0 aromatic carbocycles. The van der Waals surface area contributed by atoms with E-state index < -0.39 is 0 Å². The van der Waals surface area contributed by atoms with Gasteiger partial charge in [0.1, 0.15) is 5.76 Å². The van der Waals surface area contributed by atoms with Crippen molar-refractivity contribution in [3.05, 3.63) is 24.2 Å². The third kappa shape index (κ3) is 3.50. The Balaban J connectivity index is 1.76. The number of hydrogen-bond acceptors (Lipinski definition) is 3. The molecule has 2 rings (SSSR count). The Kier molecular flexibility index (Phi) is 4.47. The van der Waals surface area contributed by atoms with E-state index in [1.807, 2.05) is 12.1 Å². The highest BCUT2D eigenvalue weighted by molar-refractivity contribution is 5.73. The minimum atomic E-state index is -0.135. The highest BCUT2D eigenvalue weighted by Crippen LogP contribution is 2.32. The average molecular weight is 265 g/mol. The Labute approximate surface area is 114 Å². The molecule has 5 heteroatoms. The molecule has 0 unspecified atom stereocenters. The first-order chi connectivity index (χ1) is 9.12. The Bertz CT molecular complexity index is 395.